The van der Waals surface area contributed by atoms with Gasteiger partial charge in [0.15, 0.2) is 0 Å². The Hall–Kier alpha value is -2.29. The largest absolute Gasteiger partial charge is 0.489 e. The number of fused-ring (bicyclic) bond motifs is 1. The average molecular weight is 270 g/mol. The van der Waals surface area contributed by atoms with Crippen LogP contribution in [0.5, 0.6) is 5.75 Å². The Morgan fingerprint density at radius 2 is 2.00 bits per heavy atom. The van der Waals surface area contributed by atoms with Crippen LogP contribution in [0.25, 0.3) is 10.8 Å². The second kappa shape index (κ2) is 6.75. The van der Waals surface area contributed by atoms with Gasteiger partial charge >= 0.3 is 5.97 Å². The van der Waals surface area contributed by atoms with E-state index < -0.39 is 5.97 Å². The molecule has 1 atom stereocenters. The van der Waals surface area contributed by atoms with Crippen LogP contribution < -0.4 is 4.74 Å². The topological polar surface area (TPSA) is 35.5 Å². The number of esters is 1. The van der Waals surface area contributed by atoms with Crippen LogP contribution in [-0.4, -0.2) is 18.7 Å². The average Bonchev–Trinajstić information content (AvgIpc) is 2.51. The van der Waals surface area contributed by atoms with Crippen molar-refractivity contribution in [2.75, 3.05) is 6.61 Å². The lowest BCUT2D eigenvalue weighted by Crippen LogP contribution is -2.23. The lowest BCUT2D eigenvalue weighted by Gasteiger charge is -2.17. The molecule has 2 aromatic carbocycles. The smallest absolute Gasteiger partial charge is 0.330 e. The fraction of sp³-hybridized carbons (Fsp3) is 0.235. The molecule has 2 rings (SSSR count). The van der Waals surface area contributed by atoms with E-state index >= 15 is 0 Å². The molecular formula is C17H18O3. The second-order valence-corrected chi connectivity index (χ2v) is 4.46. The Balaban J connectivity index is 2.08. The fourth-order valence-corrected chi connectivity index (χ4v) is 1.95. The van der Waals surface area contributed by atoms with Crippen molar-refractivity contribution >= 4 is 16.7 Å². The third-order valence-electron chi connectivity index (χ3n) is 3.08. The molecule has 20 heavy (non-hydrogen) atoms. The first-order chi connectivity index (χ1) is 9.74. The van der Waals surface area contributed by atoms with Crippen molar-refractivity contribution in [2.45, 2.75) is 19.4 Å². The van der Waals surface area contributed by atoms with Gasteiger partial charge in [-0.3, -0.25) is 0 Å². The molecule has 0 heterocycles. The summed E-state index contributed by atoms with van der Waals surface area (Å²) in [4.78, 5) is 11.2. The minimum atomic E-state index is -0.418. The summed E-state index contributed by atoms with van der Waals surface area (Å²) in [5.74, 6) is 0.384. The third-order valence-corrected chi connectivity index (χ3v) is 3.08. The van der Waals surface area contributed by atoms with Crippen LogP contribution >= 0.6 is 0 Å². The van der Waals surface area contributed by atoms with Crippen molar-refractivity contribution in [3.05, 3.63) is 55.1 Å². The molecule has 0 amide bonds. The molecule has 0 saturated carbocycles. The van der Waals surface area contributed by atoms with E-state index in [4.69, 9.17) is 9.47 Å². The number of benzene rings is 2. The van der Waals surface area contributed by atoms with Gasteiger partial charge in [-0.25, -0.2) is 4.79 Å². The summed E-state index contributed by atoms with van der Waals surface area (Å²) in [5.41, 5.74) is 0. The molecule has 3 nitrogen and oxygen atoms in total. The molecule has 3 heteroatoms. The molecule has 0 saturated heterocycles. The molecule has 0 aliphatic carbocycles. The third kappa shape index (κ3) is 3.38. The number of hydrogen-bond donors (Lipinski definition) is 0. The van der Waals surface area contributed by atoms with Crippen molar-refractivity contribution in [3.8, 4) is 5.75 Å². The summed E-state index contributed by atoms with van der Waals surface area (Å²) >= 11 is 0. The molecule has 0 N–H and O–H groups in total. The van der Waals surface area contributed by atoms with E-state index in [9.17, 15) is 4.79 Å². The van der Waals surface area contributed by atoms with E-state index in [1.165, 1.54) is 6.08 Å². The summed E-state index contributed by atoms with van der Waals surface area (Å²) in [6.45, 7) is 5.68. The molecule has 2 aromatic rings. The van der Waals surface area contributed by atoms with Crippen LogP contribution in [0.4, 0.5) is 0 Å². The van der Waals surface area contributed by atoms with Gasteiger partial charge in [-0.1, -0.05) is 49.9 Å². The number of carbonyl (C=O) groups excluding carboxylic acids is 1. The maximum atomic E-state index is 11.2. The van der Waals surface area contributed by atoms with Crippen LogP contribution in [0.15, 0.2) is 55.1 Å². The summed E-state index contributed by atoms with van der Waals surface area (Å²) in [6, 6.07) is 13.9. The van der Waals surface area contributed by atoms with Gasteiger partial charge in [-0.15, -0.1) is 0 Å². The van der Waals surface area contributed by atoms with Gasteiger partial charge in [-0.05, 0) is 17.9 Å². The molecule has 0 spiro atoms. The minimum absolute atomic E-state index is 0.264. The normalized spacial score (nSPS) is 11.8. The Morgan fingerprint density at radius 1 is 1.25 bits per heavy atom. The SMILES string of the molecule is C=CC(=O)OC(CC)COc1cccc2ccccc12. The predicted molar refractivity (Wildman–Crippen MR) is 79.8 cm³/mol. The monoisotopic (exact) mass is 270 g/mol. The van der Waals surface area contributed by atoms with E-state index in [1.807, 2.05) is 49.4 Å². The maximum Gasteiger partial charge on any atom is 0.330 e. The summed E-state index contributed by atoms with van der Waals surface area (Å²) in [5, 5.41) is 2.18. The highest BCUT2D eigenvalue weighted by Crippen LogP contribution is 2.25. The number of hydrogen-bond acceptors (Lipinski definition) is 3. The van der Waals surface area contributed by atoms with Gasteiger partial charge in [-0.2, -0.15) is 0 Å². The number of carbonyl (C=O) groups is 1. The number of rotatable bonds is 6. The van der Waals surface area contributed by atoms with Gasteiger partial charge in [0.05, 0.1) is 0 Å². The number of ether oxygens (including phenoxy) is 2. The Bertz CT molecular complexity index is 599. The molecule has 0 bridgehead atoms. The Labute approximate surface area is 118 Å². The van der Waals surface area contributed by atoms with E-state index in [2.05, 4.69) is 6.58 Å². The molecule has 0 aliphatic heterocycles. The molecule has 0 radical (unpaired) electrons. The van der Waals surface area contributed by atoms with Gasteiger partial charge in [0, 0.05) is 11.5 Å². The quantitative estimate of drug-likeness (QED) is 0.592. The Morgan fingerprint density at radius 3 is 2.75 bits per heavy atom. The summed E-state index contributed by atoms with van der Waals surface area (Å²) in [6.07, 6.45) is 1.60. The van der Waals surface area contributed by atoms with E-state index in [0.717, 1.165) is 16.5 Å². The molecule has 0 aliphatic rings. The molecule has 0 aromatic heterocycles. The van der Waals surface area contributed by atoms with Crippen molar-refractivity contribution < 1.29 is 14.3 Å². The second-order valence-electron chi connectivity index (χ2n) is 4.46. The highest BCUT2D eigenvalue weighted by Gasteiger charge is 2.12. The zero-order valence-corrected chi connectivity index (χ0v) is 11.5. The lowest BCUT2D eigenvalue weighted by atomic mass is 10.1. The zero-order valence-electron chi connectivity index (χ0n) is 11.5. The first-order valence-corrected chi connectivity index (χ1v) is 6.68. The molecule has 104 valence electrons. The van der Waals surface area contributed by atoms with Crippen LogP contribution in [0.3, 0.4) is 0 Å². The molecular weight excluding hydrogens is 252 g/mol. The minimum Gasteiger partial charge on any atom is -0.489 e. The van der Waals surface area contributed by atoms with Crippen LogP contribution in [0.2, 0.25) is 0 Å². The van der Waals surface area contributed by atoms with Gasteiger partial charge < -0.3 is 9.47 Å². The van der Waals surface area contributed by atoms with Crippen molar-refractivity contribution in [2.24, 2.45) is 0 Å². The highest BCUT2D eigenvalue weighted by atomic mass is 16.6. The van der Waals surface area contributed by atoms with Gasteiger partial charge in [0.1, 0.15) is 18.5 Å². The van der Waals surface area contributed by atoms with Crippen LogP contribution in [0.1, 0.15) is 13.3 Å². The molecule has 0 fully saturated rings. The summed E-state index contributed by atoms with van der Waals surface area (Å²) < 4.78 is 11.0. The highest BCUT2D eigenvalue weighted by molar-refractivity contribution is 5.88. The lowest BCUT2D eigenvalue weighted by molar-refractivity contribution is -0.144. The van der Waals surface area contributed by atoms with Crippen LogP contribution in [-0.2, 0) is 9.53 Å². The Kier molecular flexibility index (Phi) is 4.77. The van der Waals surface area contributed by atoms with E-state index in [0.29, 0.717) is 13.0 Å². The predicted octanol–water partition coefficient (Wildman–Crippen LogP) is 3.73. The van der Waals surface area contributed by atoms with E-state index in [1.54, 1.807) is 0 Å². The molecule has 1 unspecified atom stereocenters. The fourth-order valence-electron chi connectivity index (χ4n) is 1.95. The zero-order chi connectivity index (χ0) is 14.4. The standard InChI is InChI=1S/C17H18O3/c1-3-14(20-17(18)4-2)12-19-16-11-7-9-13-8-5-6-10-15(13)16/h4-11,14H,2-3,12H2,1H3. The van der Waals surface area contributed by atoms with Crippen molar-refractivity contribution in [3.63, 3.8) is 0 Å². The first kappa shape index (κ1) is 14.1. The maximum absolute atomic E-state index is 11.2. The summed E-state index contributed by atoms with van der Waals surface area (Å²) in [7, 11) is 0. The first-order valence-electron chi connectivity index (χ1n) is 6.68. The van der Waals surface area contributed by atoms with Gasteiger partial charge in [0.25, 0.3) is 0 Å². The van der Waals surface area contributed by atoms with Crippen molar-refractivity contribution in [1.82, 2.24) is 0 Å². The van der Waals surface area contributed by atoms with Crippen molar-refractivity contribution in [1.29, 1.82) is 0 Å². The van der Waals surface area contributed by atoms with E-state index in [-0.39, 0.29) is 6.10 Å². The van der Waals surface area contributed by atoms with Gasteiger partial charge in [0.2, 0.25) is 0 Å². The van der Waals surface area contributed by atoms with Crippen LogP contribution in [0, 0.1) is 0 Å².